The van der Waals surface area contributed by atoms with E-state index < -0.39 is 0 Å². The Morgan fingerprint density at radius 3 is 2.76 bits per heavy atom. The highest BCUT2D eigenvalue weighted by molar-refractivity contribution is 4.74. The SMILES string of the molecule is OCC1CCC(OCCCn2ccnc2)CC1. The van der Waals surface area contributed by atoms with Crippen LogP contribution in [0.4, 0.5) is 0 Å². The second-order valence-corrected chi connectivity index (χ2v) is 4.85. The fourth-order valence-corrected chi connectivity index (χ4v) is 2.40. The van der Waals surface area contributed by atoms with Crippen molar-refractivity contribution >= 4 is 0 Å². The van der Waals surface area contributed by atoms with E-state index in [4.69, 9.17) is 9.84 Å². The van der Waals surface area contributed by atoms with E-state index in [1.165, 1.54) is 0 Å². The first-order valence-corrected chi connectivity index (χ1v) is 6.56. The van der Waals surface area contributed by atoms with Crippen molar-refractivity contribution in [1.29, 1.82) is 0 Å². The van der Waals surface area contributed by atoms with Crippen LogP contribution in [-0.4, -0.2) is 34.0 Å². The van der Waals surface area contributed by atoms with E-state index in [0.29, 0.717) is 18.6 Å². The van der Waals surface area contributed by atoms with Gasteiger partial charge >= 0.3 is 0 Å². The van der Waals surface area contributed by atoms with E-state index >= 15 is 0 Å². The summed E-state index contributed by atoms with van der Waals surface area (Å²) in [7, 11) is 0. The van der Waals surface area contributed by atoms with Crippen molar-refractivity contribution in [2.24, 2.45) is 5.92 Å². The minimum atomic E-state index is 0.341. The monoisotopic (exact) mass is 238 g/mol. The van der Waals surface area contributed by atoms with Gasteiger partial charge in [0.15, 0.2) is 0 Å². The van der Waals surface area contributed by atoms with Crippen LogP contribution in [0.1, 0.15) is 32.1 Å². The number of imidazole rings is 1. The van der Waals surface area contributed by atoms with Crippen molar-refractivity contribution in [2.75, 3.05) is 13.2 Å². The zero-order valence-electron chi connectivity index (χ0n) is 10.3. The van der Waals surface area contributed by atoms with Gasteiger partial charge in [-0.1, -0.05) is 0 Å². The lowest BCUT2D eigenvalue weighted by atomic mass is 9.88. The Morgan fingerprint density at radius 2 is 2.12 bits per heavy atom. The van der Waals surface area contributed by atoms with Gasteiger partial charge < -0.3 is 14.4 Å². The molecule has 0 bridgehead atoms. The predicted molar refractivity (Wildman–Crippen MR) is 65.6 cm³/mol. The molecule has 1 aromatic rings. The Bertz CT molecular complexity index is 292. The average molecular weight is 238 g/mol. The van der Waals surface area contributed by atoms with Crippen molar-refractivity contribution in [3.05, 3.63) is 18.7 Å². The minimum absolute atomic E-state index is 0.341. The molecule has 1 N–H and O–H groups in total. The molecule has 1 saturated carbocycles. The number of ether oxygens (including phenoxy) is 1. The average Bonchev–Trinajstić information content (AvgIpc) is 2.88. The zero-order chi connectivity index (χ0) is 11.9. The summed E-state index contributed by atoms with van der Waals surface area (Å²) in [6, 6.07) is 0. The quantitative estimate of drug-likeness (QED) is 0.769. The largest absolute Gasteiger partial charge is 0.396 e. The Kier molecular flexibility index (Phi) is 5.01. The van der Waals surface area contributed by atoms with Crippen LogP contribution >= 0.6 is 0 Å². The van der Waals surface area contributed by atoms with E-state index in [9.17, 15) is 0 Å². The van der Waals surface area contributed by atoms with Crippen molar-refractivity contribution in [3.8, 4) is 0 Å². The number of hydrogen-bond donors (Lipinski definition) is 1. The smallest absolute Gasteiger partial charge is 0.0945 e. The molecule has 0 aromatic carbocycles. The summed E-state index contributed by atoms with van der Waals surface area (Å²) in [5.41, 5.74) is 0. The molecule has 0 aliphatic heterocycles. The summed E-state index contributed by atoms with van der Waals surface area (Å²) in [5.74, 6) is 0.515. The van der Waals surface area contributed by atoms with Crippen molar-refractivity contribution in [3.63, 3.8) is 0 Å². The van der Waals surface area contributed by atoms with Crippen LogP contribution in [0.3, 0.4) is 0 Å². The van der Waals surface area contributed by atoms with E-state index in [1.807, 2.05) is 12.5 Å². The number of aryl methyl sites for hydroxylation is 1. The first-order chi connectivity index (χ1) is 8.38. The molecule has 0 radical (unpaired) electrons. The molecule has 1 fully saturated rings. The van der Waals surface area contributed by atoms with Gasteiger partial charge in [-0.15, -0.1) is 0 Å². The first-order valence-electron chi connectivity index (χ1n) is 6.56. The van der Waals surface area contributed by atoms with Gasteiger partial charge in [-0.05, 0) is 38.0 Å². The molecule has 4 heteroatoms. The molecular formula is C13H22N2O2. The molecular weight excluding hydrogens is 216 g/mol. The summed E-state index contributed by atoms with van der Waals surface area (Å²) in [6.45, 7) is 2.14. The normalized spacial score (nSPS) is 25.0. The van der Waals surface area contributed by atoms with Gasteiger partial charge in [-0.25, -0.2) is 4.98 Å². The Labute approximate surface area is 103 Å². The predicted octanol–water partition coefficient (Wildman–Crippen LogP) is 1.84. The maximum atomic E-state index is 9.05. The lowest BCUT2D eigenvalue weighted by Crippen LogP contribution is -2.23. The maximum Gasteiger partial charge on any atom is 0.0945 e. The fourth-order valence-electron chi connectivity index (χ4n) is 2.40. The molecule has 0 saturated heterocycles. The van der Waals surface area contributed by atoms with Gasteiger partial charge in [0.1, 0.15) is 0 Å². The highest BCUT2D eigenvalue weighted by Crippen LogP contribution is 2.25. The zero-order valence-corrected chi connectivity index (χ0v) is 10.3. The summed E-state index contributed by atoms with van der Waals surface area (Å²) in [5, 5.41) is 9.05. The number of nitrogens with zero attached hydrogens (tertiary/aromatic N) is 2. The van der Waals surface area contributed by atoms with Crippen LogP contribution in [-0.2, 0) is 11.3 Å². The summed E-state index contributed by atoms with van der Waals surface area (Å²) >= 11 is 0. The van der Waals surface area contributed by atoms with Crippen LogP contribution in [0.2, 0.25) is 0 Å². The van der Waals surface area contributed by atoms with Crippen LogP contribution in [0.5, 0.6) is 0 Å². The second-order valence-electron chi connectivity index (χ2n) is 4.85. The van der Waals surface area contributed by atoms with Crippen LogP contribution in [0.15, 0.2) is 18.7 Å². The maximum absolute atomic E-state index is 9.05. The minimum Gasteiger partial charge on any atom is -0.396 e. The van der Waals surface area contributed by atoms with Crippen LogP contribution < -0.4 is 0 Å². The highest BCUT2D eigenvalue weighted by Gasteiger charge is 2.20. The third kappa shape index (κ3) is 4.13. The van der Waals surface area contributed by atoms with Crippen molar-refractivity contribution < 1.29 is 9.84 Å². The number of aliphatic hydroxyl groups excluding tert-OH is 1. The molecule has 1 aliphatic carbocycles. The standard InChI is InChI=1S/C13H22N2O2/c16-10-12-2-4-13(5-3-12)17-9-1-7-15-8-6-14-11-15/h6,8,11-13,16H,1-5,7,9-10H2. The molecule has 2 rings (SSSR count). The molecule has 0 unspecified atom stereocenters. The Hall–Kier alpha value is -0.870. The van der Waals surface area contributed by atoms with Crippen LogP contribution in [0, 0.1) is 5.92 Å². The van der Waals surface area contributed by atoms with Gasteiger partial charge in [0.2, 0.25) is 0 Å². The van der Waals surface area contributed by atoms with Crippen molar-refractivity contribution in [2.45, 2.75) is 44.8 Å². The van der Waals surface area contributed by atoms with E-state index in [1.54, 1.807) is 6.20 Å². The molecule has 1 aromatic heterocycles. The van der Waals surface area contributed by atoms with Crippen LogP contribution in [0.25, 0.3) is 0 Å². The summed E-state index contributed by atoms with van der Waals surface area (Å²) in [4.78, 5) is 4.01. The van der Waals surface area contributed by atoms with Gasteiger partial charge in [-0.3, -0.25) is 0 Å². The topological polar surface area (TPSA) is 47.3 Å². The second kappa shape index (κ2) is 6.77. The molecule has 0 amide bonds. The number of hydrogen-bond acceptors (Lipinski definition) is 3. The van der Waals surface area contributed by atoms with Gasteiger partial charge in [0.25, 0.3) is 0 Å². The Morgan fingerprint density at radius 1 is 1.29 bits per heavy atom. The van der Waals surface area contributed by atoms with E-state index in [0.717, 1.165) is 45.3 Å². The molecule has 1 aliphatic rings. The first kappa shape index (κ1) is 12.6. The summed E-state index contributed by atoms with van der Waals surface area (Å²) in [6.07, 6.45) is 11.5. The molecule has 96 valence electrons. The number of aliphatic hydroxyl groups is 1. The van der Waals surface area contributed by atoms with E-state index in [-0.39, 0.29) is 0 Å². The number of rotatable bonds is 6. The summed E-state index contributed by atoms with van der Waals surface area (Å²) < 4.78 is 7.93. The lowest BCUT2D eigenvalue weighted by molar-refractivity contribution is 0.00917. The molecule has 0 atom stereocenters. The third-order valence-corrected chi connectivity index (χ3v) is 3.53. The fraction of sp³-hybridized carbons (Fsp3) is 0.769. The highest BCUT2D eigenvalue weighted by atomic mass is 16.5. The molecule has 0 spiro atoms. The van der Waals surface area contributed by atoms with Gasteiger partial charge in [0, 0.05) is 32.2 Å². The van der Waals surface area contributed by atoms with Crippen molar-refractivity contribution in [1.82, 2.24) is 9.55 Å². The molecule has 4 nitrogen and oxygen atoms in total. The van der Waals surface area contributed by atoms with E-state index in [2.05, 4.69) is 9.55 Å². The lowest BCUT2D eigenvalue weighted by Gasteiger charge is -2.27. The molecule has 17 heavy (non-hydrogen) atoms. The third-order valence-electron chi connectivity index (χ3n) is 3.53. The van der Waals surface area contributed by atoms with Gasteiger partial charge in [-0.2, -0.15) is 0 Å². The number of aromatic nitrogens is 2. The molecule has 1 heterocycles. The van der Waals surface area contributed by atoms with Gasteiger partial charge in [0.05, 0.1) is 12.4 Å². The Balaban J connectivity index is 1.54.